The van der Waals surface area contributed by atoms with Crippen LogP contribution in [0, 0.1) is 17.3 Å². The van der Waals surface area contributed by atoms with E-state index in [1.54, 1.807) is 0 Å². The smallest absolute Gasteiger partial charge is 0.139 e. The molecule has 0 aromatic carbocycles. The molecule has 0 heterocycles. The second-order valence-corrected chi connectivity index (χ2v) is 7.86. The zero-order valence-corrected chi connectivity index (χ0v) is 14.4. The van der Waals surface area contributed by atoms with Gasteiger partial charge in [-0.3, -0.25) is 4.79 Å². The van der Waals surface area contributed by atoms with Crippen molar-refractivity contribution in [1.82, 2.24) is 0 Å². The first-order valence-corrected chi connectivity index (χ1v) is 9.38. The predicted octanol–water partition coefficient (Wildman–Crippen LogP) is 3.85. The lowest BCUT2D eigenvalue weighted by Gasteiger charge is -2.54. The Hall–Kier alpha value is -0.410. The second-order valence-electron chi connectivity index (χ2n) is 7.86. The number of carbonyl (C=O) groups is 1. The Morgan fingerprint density at radius 3 is 2.64 bits per heavy atom. The number of rotatable bonds is 9. The average molecular weight is 310 g/mol. The first kappa shape index (κ1) is 17.9. The fourth-order valence-corrected chi connectivity index (χ4v) is 4.52. The molecule has 0 radical (unpaired) electrons. The van der Waals surface area contributed by atoms with Gasteiger partial charge in [0.25, 0.3) is 0 Å². The molecule has 0 spiro atoms. The molecule has 2 aliphatic rings. The molecule has 0 bridgehead atoms. The largest absolute Gasteiger partial charge is 0.393 e. The van der Waals surface area contributed by atoms with E-state index >= 15 is 0 Å². The van der Waals surface area contributed by atoms with Gasteiger partial charge in [-0.1, -0.05) is 46.0 Å². The van der Waals surface area contributed by atoms with E-state index in [0.717, 1.165) is 38.5 Å². The van der Waals surface area contributed by atoms with Gasteiger partial charge in [-0.05, 0) is 43.9 Å². The van der Waals surface area contributed by atoms with Gasteiger partial charge < -0.3 is 10.2 Å². The number of carbonyl (C=O) groups excluding carboxylic acids is 1. The number of fused-ring (bicyclic) bond motifs is 1. The molecule has 2 rings (SSSR count). The van der Waals surface area contributed by atoms with Crippen molar-refractivity contribution in [3.63, 3.8) is 0 Å². The number of aliphatic hydroxyl groups excluding tert-OH is 2. The molecule has 2 fully saturated rings. The highest BCUT2D eigenvalue weighted by molar-refractivity contribution is 5.91. The SMILES string of the molecule is CCCCCCC[C@H](O)CC[C@H]1[C@H](O)CC[C@]2(C)C(=O)C[C@H]12. The van der Waals surface area contributed by atoms with Crippen LogP contribution in [0.5, 0.6) is 0 Å². The summed E-state index contributed by atoms with van der Waals surface area (Å²) in [6.45, 7) is 4.29. The van der Waals surface area contributed by atoms with Gasteiger partial charge in [0.05, 0.1) is 12.2 Å². The van der Waals surface area contributed by atoms with E-state index in [0.29, 0.717) is 18.1 Å². The summed E-state index contributed by atoms with van der Waals surface area (Å²) < 4.78 is 0. The third-order valence-corrected chi connectivity index (χ3v) is 6.31. The van der Waals surface area contributed by atoms with Crippen LogP contribution in [0.25, 0.3) is 0 Å². The van der Waals surface area contributed by atoms with Crippen LogP contribution in [0.4, 0.5) is 0 Å². The Balaban J connectivity index is 1.70. The number of Topliss-reactive ketones (excluding diaryl/α,β-unsaturated/α-hetero) is 1. The number of ketones is 1. The number of aliphatic hydroxyl groups is 2. The van der Waals surface area contributed by atoms with E-state index < -0.39 is 0 Å². The molecule has 0 aromatic heterocycles. The summed E-state index contributed by atoms with van der Waals surface area (Å²) >= 11 is 0. The summed E-state index contributed by atoms with van der Waals surface area (Å²) in [5.41, 5.74) is -0.172. The summed E-state index contributed by atoms with van der Waals surface area (Å²) in [5, 5.41) is 20.4. The Morgan fingerprint density at radius 2 is 1.95 bits per heavy atom. The van der Waals surface area contributed by atoms with Crippen molar-refractivity contribution < 1.29 is 15.0 Å². The van der Waals surface area contributed by atoms with Crippen LogP contribution in [-0.2, 0) is 4.79 Å². The third-order valence-electron chi connectivity index (χ3n) is 6.31. The van der Waals surface area contributed by atoms with Crippen molar-refractivity contribution in [3.05, 3.63) is 0 Å². The quantitative estimate of drug-likeness (QED) is 0.636. The number of hydrogen-bond acceptors (Lipinski definition) is 3. The topological polar surface area (TPSA) is 57.5 Å². The van der Waals surface area contributed by atoms with Crippen molar-refractivity contribution in [1.29, 1.82) is 0 Å². The first-order chi connectivity index (χ1) is 10.5. The zero-order chi connectivity index (χ0) is 16.2. The van der Waals surface area contributed by atoms with E-state index in [9.17, 15) is 15.0 Å². The lowest BCUT2D eigenvalue weighted by molar-refractivity contribution is -0.161. The highest BCUT2D eigenvalue weighted by atomic mass is 16.3. The highest BCUT2D eigenvalue weighted by Crippen LogP contribution is 2.56. The van der Waals surface area contributed by atoms with Gasteiger partial charge in [-0.2, -0.15) is 0 Å². The maximum absolute atomic E-state index is 11.9. The molecule has 0 aromatic rings. The van der Waals surface area contributed by atoms with Crippen LogP contribution in [-0.4, -0.2) is 28.2 Å². The van der Waals surface area contributed by atoms with Crippen molar-refractivity contribution >= 4 is 5.78 Å². The molecule has 0 saturated heterocycles. The predicted molar refractivity (Wildman–Crippen MR) is 88.6 cm³/mol. The third kappa shape index (κ3) is 3.91. The van der Waals surface area contributed by atoms with Gasteiger partial charge in [-0.15, -0.1) is 0 Å². The maximum atomic E-state index is 11.9. The fourth-order valence-electron chi connectivity index (χ4n) is 4.52. The second kappa shape index (κ2) is 7.92. The molecule has 5 atom stereocenters. The van der Waals surface area contributed by atoms with Crippen LogP contribution < -0.4 is 0 Å². The molecule has 3 nitrogen and oxygen atoms in total. The Bertz CT molecular complexity index is 368. The van der Waals surface area contributed by atoms with E-state index in [2.05, 4.69) is 13.8 Å². The van der Waals surface area contributed by atoms with Crippen molar-refractivity contribution in [2.75, 3.05) is 0 Å². The minimum absolute atomic E-state index is 0.172. The van der Waals surface area contributed by atoms with Crippen LogP contribution in [0.1, 0.15) is 84.5 Å². The van der Waals surface area contributed by atoms with Gasteiger partial charge in [0.15, 0.2) is 0 Å². The van der Waals surface area contributed by atoms with Gasteiger partial charge in [0.1, 0.15) is 5.78 Å². The average Bonchev–Trinajstić information content (AvgIpc) is 2.50. The molecule has 2 saturated carbocycles. The van der Waals surface area contributed by atoms with E-state index in [4.69, 9.17) is 0 Å². The lowest BCUT2D eigenvalue weighted by Crippen LogP contribution is -2.57. The van der Waals surface area contributed by atoms with Crippen LogP contribution >= 0.6 is 0 Å². The van der Waals surface area contributed by atoms with Crippen LogP contribution in [0.2, 0.25) is 0 Å². The lowest BCUT2D eigenvalue weighted by atomic mass is 9.49. The Kier molecular flexibility index (Phi) is 6.46. The number of hydrogen-bond donors (Lipinski definition) is 2. The highest BCUT2D eigenvalue weighted by Gasteiger charge is 2.57. The molecular weight excluding hydrogens is 276 g/mol. The van der Waals surface area contributed by atoms with Crippen LogP contribution in [0.15, 0.2) is 0 Å². The van der Waals surface area contributed by atoms with Crippen LogP contribution in [0.3, 0.4) is 0 Å². The standard InChI is InChI=1S/C19H34O3/c1-3-4-5-6-7-8-14(20)9-10-15-16-13-18(22)19(16,2)12-11-17(15)21/h14-17,20-21H,3-13H2,1-2H3/t14-,15+,16+,17+,19-/m0/s1. The molecule has 3 heteroatoms. The zero-order valence-electron chi connectivity index (χ0n) is 14.4. The fraction of sp³-hybridized carbons (Fsp3) is 0.947. The summed E-state index contributed by atoms with van der Waals surface area (Å²) in [7, 11) is 0. The molecule has 0 aliphatic heterocycles. The molecule has 128 valence electrons. The molecule has 0 unspecified atom stereocenters. The summed E-state index contributed by atoms with van der Waals surface area (Å²) in [6.07, 6.45) is 10.4. The van der Waals surface area contributed by atoms with E-state index in [-0.39, 0.29) is 23.5 Å². The molecule has 22 heavy (non-hydrogen) atoms. The molecule has 2 N–H and O–H groups in total. The Morgan fingerprint density at radius 1 is 1.23 bits per heavy atom. The summed E-state index contributed by atoms with van der Waals surface area (Å²) in [5.74, 6) is 0.942. The maximum Gasteiger partial charge on any atom is 0.139 e. The first-order valence-electron chi connectivity index (χ1n) is 9.38. The summed E-state index contributed by atoms with van der Waals surface area (Å²) in [6, 6.07) is 0. The normalized spacial score (nSPS) is 35.8. The molecule has 2 aliphatic carbocycles. The monoisotopic (exact) mass is 310 g/mol. The number of unbranched alkanes of at least 4 members (excludes halogenated alkanes) is 4. The minimum Gasteiger partial charge on any atom is -0.393 e. The summed E-state index contributed by atoms with van der Waals surface area (Å²) in [4.78, 5) is 11.9. The van der Waals surface area contributed by atoms with Crippen molar-refractivity contribution in [2.45, 2.75) is 96.7 Å². The van der Waals surface area contributed by atoms with Crippen molar-refractivity contribution in [3.8, 4) is 0 Å². The van der Waals surface area contributed by atoms with E-state index in [1.807, 2.05) is 0 Å². The van der Waals surface area contributed by atoms with E-state index in [1.165, 1.54) is 25.7 Å². The van der Waals surface area contributed by atoms with Gasteiger partial charge in [0.2, 0.25) is 0 Å². The molecular formula is C19H34O3. The van der Waals surface area contributed by atoms with Gasteiger partial charge in [-0.25, -0.2) is 0 Å². The van der Waals surface area contributed by atoms with Gasteiger partial charge in [0, 0.05) is 11.8 Å². The molecule has 0 amide bonds. The Labute approximate surface area is 135 Å². The minimum atomic E-state index is -0.275. The van der Waals surface area contributed by atoms with Gasteiger partial charge >= 0.3 is 0 Å². The van der Waals surface area contributed by atoms with Crippen molar-refractivity contribution in [2.24, 2.45) is 17.3 Å².